The maximum atomic E-state index is 14.4. The fourth-order valence-corrected chi connectivity index (χ4v) is 14.2. The van der Waals surface area contributed by atoms with Crippen LogP contribution >= 0.6 is 0 Å². The normalized spacial score (nSPS) is 29.9. The summed E-state index contributed by atoms with van der Waals surface area (Å²) in [4.78, 5) is 14.4. The highest BCUT2D eigenvalue weighted by molar-refractivity contribution is 6.99. The molecule has 0 bridgehead atoms. The first-order chi connectivity index (χ1) is 20.2. The minimum atomic E-state index is -2.85. The summed E-state index contributed by atoms with van der Waals surface area (Å²) >= 11 is 0. The van der Waals surface area contributed by atoms with Crippen molar-refractivity contribution in [1.29, 1.82) is 0 Å². The zero-order chi connectivity index (χ0) is 31.2. The number of rotatable bonds is 9. The zero-order valence-corrected chi connectivity index (χ0v) is 29.9. The Kier molecular flexibility index (Phi) is 9.37. The molecule has 0 N–H and O–H groups in total. The summed E-state index contributed by atoms with van der Waals surface area (Å²) < 4.78 is 26.1. The molecule has 0 radical (unpaired) electrons. The molecule has 2 aromatic rings. The molecule has 5 nitrogen and oxygen atoms in total. The highest BCUT2D eigenvalue weighted by Crippen LogP contribution is 2.56. The lowest BCUT2D eigenvalue weighted by atomic mass is 9.68. The van der Waals surface area contributed by atoms with Crippen molar-refractivity contribution in [1.82, 2.24) is 0 Å². The van der Waals surface area contributed by atoms with Gasteiger partial charge in [0.05, 0.1) is 6.10 Å². The number of ether oxygens (including phenoxy) is 2. The number of carbonyl (C=O) groups is 1. The molecule has 3 saturated carbocycles. The molecular formula is C36H54O5Si2. The number of benzene rings is 2. The predicted octanol–water partition coefficient (Wildman–Crippen LogP) is 6.95. The van der Waals surface area contributed by atoms with Crippen molar-refractivity contribution in [3.63, 3.8) is 0 Å². The average Bonchev–Trinajstić information content (AvgIpc) is 3.50. The van der Waals surface area contributed by atoms with Crippen LogP contribution in [-0.2, 0) is 23.1 Å². The molecule has 0 spiro atoms. The third kappa shape index (κ3) is 6.15. The number of hydrogen-bond acceptors (Lipinski definition) is 5. The van der Waals surface area contributed by atoms with Gasteiger partial charge in [-0.3, -0.25) is 4.79 Å². The van der Waals surface area contributed by atoms with E-state index in [1.54, 1.807) is 7.11 Å². The summed E-state index contributed by atoms with van der Waals surface area (Å²) in [5.41, 5.74) is 0. The monoisotopic (exact) mass is 622 g/mol. The molecule has 3 aliphatic rings. The van der Waals surface area contributed by atoms with Gasteiger partial charge >= 0.3 is 0 Å². The summed E-state index contributed by atoms with van der Waals surface area (Å²) in [7, 11) is -3.09. The van der Waals surface area contributed by atoms with E-state index >= 15 is 0 Å². The van der Waals surface area contributed by atoms with Crippen LogP contribution in [0.15, 0.2) is 60.7 Å². The summed E-state index contributed by atoms with van der Waals surface area (Å²) in [5.74, 6) is 1.31. The SMILES string of the molecule is COCO[C@H]1C[C@H]2C(=O)[C@H](O[Si](c3ccccc3)(c3ccccc3)C(C)(C)C)C[C@H]2[C@@H]2C[C@H](O[Si](C)(C)C(C)(C)C)C[C@@H]21. The molecule has 3 fully saturated rings. The molecule has 7 heteroatoms. The average molecular weight is 623 g/mol. The Bertz CT molecular complexity index is 1200. The quantitative estimate of drug-likeness (QED) is 0.224. The maximum Gasteiger partial charge on any atom is 0.262 e. The largest absolute Gasteiger partial charge is 0.414 e. The number of carbonyl (C=O) groups excluding carboxylic acids is 1. The Hall–Kier alpha value is -1.62. The molecule has 43 heavy (non-hydrogen) atoms. The van der Waals surface area contributed by atoms with Crippen molar-refractivity contribution in [3.05, 3.63) is 60.7 Å². The van der Waals surface area contributed by atoms with E-state index in [1.807, 2.05) is 0 Å². The van der Waals surface area contributed by atoms with Gasteiger partial charge < -0.3 is 18.3 Å². The Morgan fingerprint density at radius 1 is 0.721 bits per heavy atom. The second-order valence-corrected chi connectivity index (χ2v) is 24.8. The van der Waals surface area contributed by atoms with Crippen molar-refractivity contribution in [2.45, 2.75) is 109 Å². The first-order valence-corrected chi connectivity index (χ1v) is 21.1. The van der Waals surface area contributed by atoms with E-state index in [2.05, 4.69) is 115 Å². The van der Waals surface area contributed by atoms with Gasteiger partial charge in [0, 0.05) is 19.1 Å². The molecule has 2 aromatic carbocycles. The van der Waals surface area contributed by atoms with Crippen molar-refractivity contribution >= 4 is 32.8 Å². The lowest BCUT2D eigenvalue weighted by molar-refractivity contribution is -0.140. The first-order valence-electron chi connectivity index (χ1n) is 16.3. The van der Waals surface area contributed by atoms with E-state index in [0.717, 1.165) is 25.7 Å². The van der Waals surface area contributed by atoms with Crippen LogP contribution in [-0.4, -0.2) is 54.6 Å². The standard InChI is InChI=1S/C36H54O5Si2/c1-35(2,3)42(8,9)40-25-20-28-29-22-33(34(37)31(29)23-32(30(28)21-25)39-24-38-7)41-43(36(4,5)6,26-16-12-10-13-17-26)27-18-14-11-15-19-27/h10-19,25,28-33H,20-24H2,1-9H3/t25-,28-,29-,30-,31+,32-,33+/m0/s1. The van der Waals surface area contributed by atoms with E-state index in [1.165, 1.54) is 10.4 Å². The van der Waals surface area contributed by atoms with E-state index in [0.29, 0.717) is 17.8 Å². The zero-order valence-electron chi connectivity index (χ0n) is 27.9. The van der Waals surface area contributed by atoms with Crippen molar-refractivity contribution < 1.29 is 23.1 Å². The molecule has 0 aliphatic heterocycles. The number of methoxy groups -OCH3 is 1. The van der Waals surface area contributed by atoms with Gasteiger partial charge in [-0.1, -0.05) is 102 Å². The fraction of sp³-hybridized carbons (Fsp3) is 0.639. The van der Waals surface area contributed by atoms with Crippen molar-refractivity contribution in [2.24, 2.45) is 23.7 Å². The fourth-order valence-electron chi connectivity index (χ4n) is 8.19. The Morgan fingerprint density at radius 3 is 1.79 bits per heavy atom. The maximum absolute atomic E-state index is 14.4. The molecule has 0 saturated heterocycles. The first kappa shape index (κ1) is 32.8. The lowest BCUT2D eigenvalue weighted by Crippen LogP contribution is -2.68. The van der Waals surface area contributed by atoms with E-state index in [4.69, 9.17) is 18.3 Å². The minimum Gasteiger partial charge on any atom is -0.414 e. The molecule has 7 atom stereocenters. The summed E-state index contributed by atoms with van der Waals surface area (Å²) in [6, 6.07) is 21.4. The van der Waals surface area contributed by atoms with Gasteiger partial charge in [0.1, 0.15) is 12.9 Å². The van der Waals surface area contributed by atoms with Gasteiger partial charge in [-0.2, -0.15) is 0 Å². The number of ketones is 1. The molecular weight excluding hydrogens is 569 g/mol. The van der Waals surface area contributed by atoms with Gasteiger partial charge in [-0.15, -0.1) is 0 Å². The lowest BCUT2D eigenvalue weighted by Gasteiger charge is -2.44. The van der Waals surface area contributed by atoms with Crippen LogP contribution in [0.3, 0.4) is 0 Å². The van der Waals surface area contributed by atoms with E-state index in [-0.39, 0.29) is 40.8 Å². The van der Waals surface area contributed by atoms with Crippen molar-refractivity contribution in [2.75, 3.05) is 13.9 Å². The molecule has 5 rings (SSSR count). The van der Waals surface area contributed by atoms with Gasteiger partial charge in [0.2, 0.25) is 0 Å². The van der Waals surface area contributed by atoms with Crippen LogP contribution in [0.1, 0.15) is 67.2 Å². The smallest absolute Gasteiger partial charge is 0.262 e. The van der Waals surface area contributed by atoms with Gasteiger partial charge in [0.15, 0.2) is 14.1 Å². The van der Waals surface area contributed by atoms with Crippen LogP contribution in [0.4, 0.5) is 0 Å². The predicted molar refractivity (Wildman–Crippen MR) is 179 cm³/mol. The van der Waals surface area contributed by atoms with Crippen LogP contribution in [0.2, 0.25) is 23.2 Å². The number of hydrogen-bond donors (Lipinski definition) is 0. The molecule has 236 valence electrons. The third-order valence-electron chi connectivity index (χ3n) is 11.2. The highest BCUT2D eigenvalue weighted by atomic mass is 28.4. The van der Waals surface area contributed by atoms with Gasteiger partial charge in [0.25, 0.3) is 8.32 Å². The van der Waals surface area contributed by atoms with Crippen LogP contribution < -0.4 is 10.4 Å². The summed E-state index contributed by atoms with van der Waals surface area (Å²) in [6.45, 7) is 18.8. The van der Waals surface area contributed by atoms with Gasteiger partial charge in [-0.05, 0) is 77.0 Å². The van der Waals surface area contributed by atoms with Crippen LogP contribution in [0.25, 0.3) is 0 Å². The van der Waals surface area contributed by atoms with Gasteiger partial charge in [-0.25, -0.2) is 0 Å². The minimum absolute atomic E-state index is 0.00906. The number of Topliss-reactive ketones (excluding diaryl/α,β-unsaturated/α-hetero) is 1. The Balaban J connectivity index is 1.48. The Morgan fingerprint density at radius 2 is 1.28 bits per heavy atom. The molecule has 0 aromatic heterocycles. The molecule has 3 aliphatic carbocycles. The molecule has 0 unspecified atom stereocenters. The highest BCUT2D eigenvalue weighted by Gasteiger charge is 2.60. The number of fused-ring (bicyclic) bond motifs is 3. The van der Waals surface area contributed by atoms with Crippen LogP contribution in [0.5, 0.6) is 0 Å². The summed E-state index contributed by atoms with van der Waals surface area (Å²) in [6.07, 6.45) is 3.36. The molecule has 0 heterocycles. The Labute approximate surface area is 262 Å². The second kappa shape index (κ2) is 12.3. The van der Waals surface area contributed by atoms with E-state index < -0.39 is 22.7 Å². The summed E-state index contributed by atoms with van der Waals surface area (Å²) in [5, 5.41) is 2.43. The van der Waals surface area contributed by atoms with E-state index in [9.17, 15) is 4.79 Å². The third-order valence-corrected chi connectivity index (χ3v) is 20.8. The van der Waals surface area contributed by atoms with Crippen molar-refractivity contribution in [3.8, 4) is 0 Å². The van der Waals surface area contributed by atoms with Crippen LogP contribution in [0, 0.1) is 23.7 Å². The topological polar surface area (TPSA) is 54.0 Å². The second-order valence-electron chi connectivity index (χ2n) is 15.8. The molecule has 0 amide bonds.